The van der Waals surface area contributed by atoms with E-state index in [0.717, 1.165) is 37.4 Å². The highest BCUT2D eigenvalue weighted by atomic mass is 32.1. The van der Waals surface area contributed by atoms with Crippen molar-refractivity contribution < 1.29 is 14.3 Å². The Hall–Kier alpha value is -1.83. The standard InChI is InChI=1S/C19H24FN3O2S/c1-13-6-8-23(9-7-13)11-16(24)10-21-18(25)17-12-26-19(22-17)14-2-4-15(20)5-3-14/h2-5,12-13,16,24H,6-11H2,1H3,(H,21,25)/t16-/m1/s1. The number of nitrogens with one attached hydrogen (secondary N) is 1. The van der Waals surface area contributed by atoms with E-state index in [-0.39, 0.29) is 18.3 Å². The molecule has 0 saturated carbocycles. The molecule has 2 N–H and O–H groups in total. The molecule has 1 aliphatic rings. The van der Waals surface area contributed by atoms with Crippen LogP contribution in [0.4, 0.5) is 4.39 Å². The minimum atomic E-state index is -0.595. The number of nitrogens with zero attached hydrogens (tertiary/aromatic N) is 2. The molecule has 1 amide bonds. The molecule has 5 nitrogen and oxygen atoms in total. The number of piperidine rings is 1. The van der Waals surface area contributed by atoms with Gasteiger partial charge in [-0.05, 0) is 56.1 Å². The van der Waals surface area contributed by atoms with E-state index in [4.69, 9.17) is 0 Å². The molecular weight excluding hydrogens is 353 g/mol. The zero-order valence-electron chi connectivity index (χ0n) is 14.8. The summed E-state index contributed by atoms with van der Waals surface area (Å²) >= 11 is 1.33. The molecule has 1 atom stereocenters. The predicted octanol–water partition coefficient (Wildman–Crippen LogP) is 2.77. The van der Waals surface area contributed by atoms with E-state index < -0.39 is 6.10 Å². The van der Waals surface area contributed by atoms with Crippen LogP contribution in [-0.2, 0) is 0 Å². The summed E-state index contributed by atoms with van der Waals surface area (Å²) in [6, 6.07) is 6.01. The molecule has 1 fully saturated rings. The quantitative estimate of drug-likeness (QED) is 0.812. The number of aliphatic hydroxyl groups excluding tert-OH is 1. The molecule has 1 aromatic carbocycles. The van der Waals surface area contributed by atoms with Crippen LogP contribution in [0.15, 0.2) is 29.6 Å². The van der Waals surface area contributed by atoms with Crippen molar-refractivity contribution in [2.24, 2.45) is 5.92 Å². The normalized spacial score (nSPS) is 17.2. The Balaban J connectivity index is 1.48. The summed E-state index contributed by atoms with van der Waals surface area (Å²) in [5, 5.41) is 15.2. The Kier molecular flexibility index (Phi) is 6.34. The first-order chi connectivity index (χ1) is 12.5. The maximum Gasteiger partial charge on any atom is 0.270 e. The third-order valence-electron chi connectivity index (χ3n) is 4.67. The van der Waals surface area contributed by atoms with E-state index >= 15 is 0 Å². The van der Waals surface area contributed by atoms with Crippen molar-refractivity contribution in [3.63, 3.8) is 0 Å². The third-order valence-corrected chi connectivity index (χ3v) is 5.56. The van der Waals surface area contributed by atoms with E-state index in [2.05, 4.69) is 22.1 Å². The van der Waals surface area contributed by atoms with Crippen LogP contribution in [0.5, 0.6) is 0 Å². The molecule has 0 spiro atoms. The predicted molar refractivity (Wildman–Crippen MR) is 101 cm³/mol. The highest BCUT2D eigenvalue weighted by Gasteiger charge is 2.19. The summed E-state index contributed by atoms with van der Waals surface area (Å²) in [6.45, 7) is 5.03. The van der Waals surface area contributed by atoms with Crippen LogP contribution in [-0.4, -0.2) is 53.2 Å². The smallest absolute Gasteiger partial charge is 0.270 e. The molecule has 0 radical (unpaired) electrons. The molecule has 0 unspecified atom stereocenters. The number of hydrogen-bond acceptors (Lipinski definition) is 5. The van der Waals surface area contributed by atoms with Crippen molar-refractivity contribution in [3.05, 3.63) is 41.2 Å². The maximum atomic E-state index is 13.0. The van der Waals surface area contributed by atoms with E-state index in [9.17, 15) is 14.3 Å². The number of carbonyl (C=O) groups is 1. The van der Waals surface area contributed by atoms with Gasteiger partial charge >= 0.3 is 0 Å². The number of amides is 1. The van der Waals surface area contributed by atoms with Gasteiger partial charge < -0.3 is 15.3 Å². The number of halogens is 1. The van der Waals surface area contributed by atoms with Gasteiger partial charge in [-0.1, -0.05) is 6.92 Å². The second-order valence-corrected chi connectivity index (χ2v) is 7.75. The molecule has 7 heteroatoms. The number of aliphatic hydroxyl groups is 1. The Labute approximate surface area is 156 Å². The fourth-order valence-electron chi connectivity index (χ4n) is 3.01. The summed E-state index contributed by atoms with van der Waals surface area (Å²) in [5.41, 5.74) is 1.09. The summed E-state index contributed by atoms with van der Waals surface area (Å²) in [7, 11) is 0. The minimum Gasteiger partial charge on any atom is -0.390 e. The van der Waals surface area contributed by atoms with Crippen LogP contribution in [0, 0.1) is 11.7 Å². The lowest BCUT2D eigenvalue weighted by molar-refractivity contribution is 0.0793. The number of likely N-dealkylation sites (tertiary alicyclic amines) is 1. The molecular formula is C19H24FN3O2S. The summed E-state index contributed by atoms with van der Waals surface area (Å²) in [6.07, 6.45) is 1.72. The van der Waals surface area contributed by atoms with Crippen molar-refractivity contribution >= 4 is 17.2 Å². The van der Waals surface area contributed by atoms with Gasteiger partial charge in [0.25, 0.3) is 5.91 Å². The van der Waals surface area contributed by atoms with Gasteiger partial charge in [-0.25, -0.2) is 9.37 Å². The molecule has 0 bridgehead atoms. The first-order valence-electron chi connectivity index (χ1n) is 8.91. The molecule has 3 rings (SSSR count). The lowest BCUT2D eigenvalue weighted by Gasteiger charge is -2.31. The van der Waals surface area contributed by atoms with Gasteiger partial charge in [-0.2, -0.15) is 0 Å². The molecule has 26 heavy (non-hydrogen) atoms. The van der Waals surface area contributed by atoms with E-state index in [1.54, 1.807) is 17.5 Å². The van der Waals surface area contributed by atoms with Gasteiger partial charge in [-0.3, -0.25) is 4.79 Å². The topological polar surface area (TPSA) is 65.5 Å². The monoisotopic (exact) mass is 377 g/mol. The van der Waals surface area contributed by atoms with Crippen molar-refractivity contribution in [2.75, 3.05) is 26.2 Å². The molecule has 2 aromatic rings. The van der Waals surface area contributed by atoms with Gasteiger partial charge in [0.1, 0.15) is 16.5 Å². The second-order valence-electron chi connectivity index (χ2n) is 6.89. The lowest BCUT2D eigenvalue weighted by atomic mass is 9.99. The van der Waals surface area contributed by atoms with Crippen molar-refractivity contribution in [2.45, 2.75) is 25.9 Å². The number of rotatable bonds is 6. The molecule has 1 saturated heterocycles. The van der Waals surface area contributed by atoms with Crippen molar-refractivity contribution in [1.29, 1.82) is 0 Å². The molecule has 140 valence electrons. The number of aromatic nitrogens is 1. The van der Waals surface area contributed by atoms with Gasteiger partial charge in [0, 0.05) is 24.0 Å². The van der Waals surface area contributed by atoms with Crippen LogP contribution in [0.3, 0.4) is 0 Å². The highest BCUT2D eigenvalue weighted by molar-refractivity contribution is 7.13. The Bertz CT molecular complexity index is 727. The van der Waals surface area contributed by atoms with Crippen LogP contribution >= 0.6 is 11.3 Å². The highest BCUT2D eigenvalue weighted by Crippen LogP contribution is 2.23. The second kappa shape index (κ2) is 8.70. The third kappa shape index (κ3) is 5.09. The number of carbonyl (C=O) groups excluding carboxylic acids is 1. The van der Waals surface area contributed by atoms with Crippen molar-refractivity contribution in [3.8, 4) is 10.6 Å². The number of thiazole rings is 1. The van der Waals surface area contributed by atoms with Gasteiger partial charge in [0.05, 0.1) is 6.10 Å². The molecule has 0 aliphatic carbocycles. The fourth-order valence-corrected chi connectivity index (χ4v) is 3.82. The van der Waals surface area contributed by atoms with Crippen molar-refractivity contribution in [1.82, 2.24) is 15.2 Å². The largest absolute Gasteiger partial charge is 0.390 e. The molecule has 2 heterocycles. The Morgan fingerprint density at radius 3 is 2.77 bits per heavy atom. The first kappa shape index (κ1) is 18.9. The average molecular weight is 377 g/mol. The van der Waals surface area contributed by atoms with Crippen LogP contribution < -0.4 is 5.32 Å². The van der Waals surface area contributed by atoms with Crippen LogP contribution in [0.25, 0.3) is 10.6 Å². The Morgan fingerprint density at radius 1 is 1.38 bits per heavy atom. The van der Waals surface area contributed by atoms with E-state index in [1.165, 1.54) is 23.5 Å². The lowest BCUT2D eigenvalue weighted by Crippen LogP contribution is -2.43. The number of benzene rings is 1. The summed E-state index contributed by atoms with van der Waals surface area (Å²) in [5.74, 6) is 0.143. The maximum absolute atomic E-state index is 13.0. The van der Waals surface area contributed by atoms with E-state index in [1.807, 2.05) is 0 Å². The van der Waals surface area contributed by atoms with Crippen LogP contribution in [0.1, 0.15) is 30.3 Å². The number of β-amino-alcohol motifs (C(OH)–C–C–N with tert-alkyl or cyclic N) is 1. The van der Waals surface area contributed by atoms with Gasteiger partial charge in [-0.15, -0.1) is 11.3 Å². The minimum absolute atomic E-state index is 0.203. The average Bonchev–Trinajstić information content (AvgIpc) is 3.12. The van der Waals surface area contributed by atoms with Gasteiger partial charge in [0.15, 0.2) is 0 Å². The SMILES string of the molecule is CC1CCN(C[C@H](O)CNC(=O)c2csc(-c3ccc(F)cc3)n2)CC1. The zero-order chi connectivity index (χ0) is 18.5. The molecule has 1 aliphatic heterocycles. The van der Waals surface area contributed by atoms with E-state index in [0.29, 0.717) is 17.2 Å². The van der Waals surface area contributed by atoms with Crippen LogP contribution in [0.2, 0.25) is 0 Å². The zero-order valence-corrected chi connectivity index (χ0v) is 15.6. The summed E-state index contributed by atoms with van der Waals surface area (Å²) < 4.78 is 13.0. The summed E-state index contributed by atoms with van der Waals surface area (Å²) in [4.78, 5) is 18.8. The first-order valence-corrected chi connectivity index (χ1v) is 9.79. The van der Waals surface area contributed by atoms with Gasteiger partial charge in [0.2, 0.25) is 0 Å². The fraction of sp³-hybridized carbons (Fsp3) is 0.474. The number of hydrogen-bond donors (Lipinski definition) is 2. The molecule has 1 aromatic heterocycles. The Morgan fingerprint density at radius 2 is 2.08 bits per heavy atom.